The fourth-order valence-electron chi connectivity index (χ4n) is 9.37. The number of allylic oxidation sites excluding steroid dienone is 7. The highest BCUT2D eigenvalue weighted by Crippen LogP contribution is 2.39. The minimum Gasteiger partial charge on any atom is -0.506 e. The third-order valence-electron chi connectivity index (χ3n) is 13.7. The largest absolute Gasteiger partial charge is 0.506 e. The summed E-state index contributed by atoms with van der Waals surface area (Å²) in [6, 6.07) is 7.64. The van der Waals surface area contributed by atoms with Crippen molar-refractivity contribution in [3.05, 3.63) is 107 Å². The van der Waals surface area contributed by atoms with Gasteiger partial charge in [0.05, 0.1) is 122 Å². The van der Waals surface area contributed by atoms with Crippen LogP contribution in [0, 0.1) is 0 Å². The number of ketones is 1. The number of anilines is 1. The summed E-state index contributed by atoms with van der Waals surface area (Å²) in [6.07, 6.45) is 15.3. The molecule has 1 aromatic carbocycles. The summed E-state index contributed by atoms with van der Waals surface area (Å²) in [5.74, 6) is -1.24. The fourth-order valence-corrected chi connectivity index (χ4v) is 9.37. The van der Waals surface area contributed by atoms with Gasteiger partial charge in [-0.3, -0.25) is 24.0 Å². The number of hydrogen-bond acceptors (Lipinski definition) is 20. The monoisotopic (exact) mass is 1110 g/mol. The molecule has 2 N–H and O–H groups in total. The van der Waals surface area contributed by atoms with Crippen molar-refractivity contribution in [1.29, 1.82) is 0 Å². The van der Waals surface area contributed by atoms with E-state index in [9.17, 15) is 14.7 Å². The number of hydrogen-bond donors (Lipinski definition) is 2. The first-order valence-corrected chi connectivity index (χ1v) is 27.8. The topological polar surface area (TPSA) is 253 Å². The van der Waals surface area contributed by atoms with E-state index in [0.29, 0.717) is 120 Å². The number of carboxylic acid groups (broad SMARTS) is 1. The van der Waals surface area contributed by atoms with E-state index in [1.807, 2.05) is 76.5 Å². The van der Waals surface area contributed by atoms with Crippen LogP contribution in [0.25, 0.3) is 5.57 Å². The minimum absolute atomic E-state index is 0.0220. The molecule has 0 unspecified atom stereocenters. The molecule has 4 aliphatic rings. The summed E-state index contributed by atoms with van der Waals surface area (Å²) >= 11 is 0. The van der Waals surface area contributed by atoms with E-state index in [2.05, 4.69) is 57.1 Å². The van der Waals surface area contributed by atoms with Gasteiger partial charge in [-0.15, -0.1) is 15.3 Å². The van der Waals surface area contributed by atoms with Crippen LogP contribution < -0.4 is 4.90 Å². The van der Waals surface area contributed by atoms with Gasteiger partial charge in [0.1, 0.15) is 42.7 Å². The Hall–Kier alpha value is -6.39. The lowest BCUT2D eigenvalue weighted by molar-refractivity contribution is -0.532. The van der Waals surface area contributed by atoms with E-state index in [-0.39, 0.29) is 24.8 Å². The van der Waals surface area contributed by atoms with Crippen LogP contribution in [-0.2, 0) is 86.9 Å². The van der Waals surface area contributed by atoms with Crippen LogP contribution >= 0.6 is 0 Å². The number of Topliss-reactive ketones (excluding diaryl/α,β-unsaturated/α-hetero) is 1. The molecule has 434 valence electrons. The maximum Gasteiger partial charge on any atom is 0.329 e. The van der Waals surface area contributed by atoms with Gasteiger partial charge in [-0.25, -0.2) is 14.1 Å². The van der Waals surface area contributed by atoms with E-state index in [4.69, 9.17) is 43.0 Å². The number of benzene rings is 1. The van der Waals surface area contributed by atoms with Gasteiger partial charge in [-0.2, -0.15) is 0 Å². The number of carboxylic acids is 1. The second-order valence-electron chi connectivity index (χ2n) is 19.5. The lowest BCUT2D eigenvalue weighted by Crippen LogP contribution is -2.37. The van der Waals surface area contributed by atoms with E-state index in [1.165, 1.54) is 0 Å². The van der Waals surface area contributed by atoms with Crippen molar-refractivity contribution < 1.29 is 62.3 Å². The van der Waals surface area contributed by atoms with Crippen molar-refractivity contribution in [3.63, 3.8) is 0 Å². The van der Waals surface area contributed by atoms with Crippen molar-refractivity contribution in [1.82, 2.24) is 54.8 Å². The molecule has 25 nitrogen and oxygen atoms in total. The summed E-state index contributed by atoms with van der Waals surface area (Å²) in [6.45, 7) is 19.4. The van der Waals surface area contributed by atoms with Crippen LogP contribution in [0.15, 0.2) is 84.1 Å². The van der Waals surface area contributed by atoms with Gasteiger partial charge in [-0.05, 0) is 55.2 Å². The number of rotatable bonds is 37. The smallest absolute Gasteiger partial charge is 0.329 e. The Bertz CT molecular complexity index is 2610. The molecule has 0 spiro atoms. The molecular weight excluding hydrogens is 1030 g/mol. The number of likely N-dealkylation sites (N-methyl/N-ethyl adjacent to an activating group) is 1. The summed E-state index contributed by atoms with van der Waals surface area (Å²) < 4.78 is 52.6. The zero-order valence-electron chi connectivity index (χ0n) is 46.1. The maximum absolute atomic E-state index is 13.7. The second-order valence-corrected chi connectivity index (χ2v) is 19.5. The molecule has 3 aromatic heterocycles. The molecule has 2 saturated heterocycles. The standard InChI is InChI=1S/C55H77N13O12/c1-2-64(21-29-77-42-48-39-68(61-58-48)24-32-75-33-34-76-35-36-80-43-51(69)70)49-9-5-44(6-10-49)52-54(71)53(55(52)72)45-7-11-50(12-8-45)65(22-30-78-40-46-37-66(59-56-46)15-3-13-62-17-25-73-26-18-62)23-31-79-41-47-38-67(60-57-47)16-4-14-63-19-27-74-28-20-63/h5-12,37-39H,2-4,13-36,40-43H2,1H3,(H-,69,70,71,72)/p+1. The number of aliphatic hydroxyl groups excluding tert-OH is 1. The van der Waals surface area contributed by atoms with Gasteiger partial charge in [-0.1, -0.05) is 27.8 Å². The molecule has 0 amide bonds. The molecule has 0 atom stereocenters. The minimum atomic E-state index is -1.01. The Morgan fingerprint density at radius 3 is 1.62 bits per heavy atom. The molecule has 4 aromatic rings. The Morgan fingerprint density at radius 2 is 1.11 bits per heavy atom. The molecule has 0 bridgehead atoms. The van der Waals surface area contributed by atoms with Crippen LogP contribution in [0.4, 0.5) is 5.69 Å². The van der Waals surface area contributed by atoms with Gasteiger partial charge in [0, 0.05) is 83.3 Å². The molecule has 2 aliphatic heterocycles. The highest BCUT2D eigenvalue weighted by atomic mass is 16.5. The normalized spacial score (nSPS) is 16.1. The third kappa shape index (κ3) is 19.1. The van der Waals surface area contributed by atoms with E-state index in [1.54, 1.807) is 4.68 Å². The quantitative estimate of drug-likeness (QED) is 0.0373. The molecule has 0 radical (unpaired) electrons. The number of morpholine rings is 2. The summed E-state index contributed by atoms with van der Waals surface area (Å²) in [5, 5.41) is 45.6. The summed E-state index contributed by atoms with van der Waals surface area (Å²) in [4.78, 5) is 31.2. The van der Waals surface area contributed by atoms with Crippen LogP contribution in [0.5, 0.6) is 0 Å². The lowest BCUT2D eigenvalue weighted by Gasteiger charge is -2.26. The Labute approximate surface area is 466 Å². The van der Waals surface area contributed by atoms with Crippen LogP contribution in [0.1, 0.15) is 42.4 Å². The second kappa shape index (κ2) is 32.8. The zero-order chi connectivity index (χ0) is 55.6. The van der Waals surface area contributed by atoms with E-state index in [0.717, 1.165) is 121 Å². The molecule has 5 heterocycles. The SMILES string of the molecule is CCN(CCOCc1cn(CCOCCOCCOCC(=O)O)nn1)c1ccc(C2=C(O)C(=C3C=CC(=[N+](CCOCc4cn(CCCN5CCOCC5)nn4)CCOCc4cn(CCCN5CCOCC5)nn4)C=C3)C2=O)cc1. The average Bonchev–Trinajstić information content (AvgIpc) is 4.31. The summed E-state index contributed by atoms with van der Waals surface area (Å²) in [7, 11) is 0. The first kappa shape index (κ1) is 59.7. The molecule has 80 heavy (non-hydrogen) atoms. The Balaban J connectivity index is 0.793. The van der Waals surface area contributed by atoms with Gasteiger partial charge in [0.2, 0.25) is 5.78 Å². The predicted molar refractivity (Wildman–Crippen MR) is 292 cm³/mol. The van der Waals surface area contributed by atoms with Gasteiger partial charge in [0.25, 0.3) is 0 Å². The van der Waals surface area contributed by atoms with Crippen molar-refractivity contribution >= 4 is 28.7 Å². The lowest BCUT2D eigenvalue weighted by atomic mass is 9.80. The van der Waals surface area contributed by atoms with Crippen molar-refractivity contribution in [2.75, 3.05) is 156 Å². The number of carbonyl (C=O) groups excluding carboxylic acids is 1. The highest BCUT2D eigenvalue weighted by molar-refractivity contribution is 6.39. The average molecular weight is 1110 g/mol. The van der Waals surface area contributed by atoms with E-state index < -0.39 is 5.97 Å². The Morgan fingerprint density at radius 1 is 0.613 bits per heavy atom. The van der Waals surface area contributed by atoms with E-state index >= 15 is 0 Å². The maximum atomic E-state index is 13.7. The molecule has 25 heteroatoms. The predicted octanol–water partition coefficient (Wildman–Crippen LogP) is 2.24. The zero-order valence-corrected chi connectivity index (χ0v) is 46.1. The molecular formula is C55H78N13O12+. The van der Waals surface area contributed by atoms with Crippen LogP contribution in [-0.4, -0.2) is 238 Å². The molecule has 8 rings (SSSR count). The third-order valence-corrected chi connectivity index (χ3v) is 13.7. The van der Waals surface area contributed by atoms with Gasteiger partial charge in [0.15, 0.2) is 18.8 Å². The number of carbonyl (C=O) groups is 2. The first-order valence-electron chi connectivity index (χ1n) is 27.8. The fraction of sp³-hybridized carbons (Fsp3) is 0.582. The Kier molecular flexibility index (Phi) is 24.5. The number of aryl methyl sites for hydroxylation is 2. The van der Waals surface area contributed by atoms with Gasteiger partial charge >= 0.3 is 5.97 Å². The number of aliphatic hydroxyl groups is 1. The van der Waals surface area contributed by atoms with Crippen LogP contribution in [0.3, 0.4) is 0 Å². The number of aromatic nitrogens is 9. The number of ether oxygens (including phenoxy) is 8. The molecule has 2 aliphatic carbocycles. The van der Waals surface area contributed by atoms with Gasteiger partial charge < -0.3 is 53.0 Å². The van der Waals surface area contributed by atoms with Crippen molar-refractivity contribution in [2.45, 2.75) is 59.2 Å². The number of aliphatic carboxylic acids is 1. The molecule has 0 saturated carbocycles. The first-order chi connectivity index (χ1) is 39.3. The van der Waals surface area contributed by atoms with Crippen molar-refractivity contribution in [2.24, 2.45) is 0 Å². The summed E-state index contributed by atoms with van der Waals surface area (Å²) in [5.41, 5.74) is 6.01. The van der Waals surface area contributed by atoms with Crippen molar-refractivity contribution in [3.8, 4) is 0 Å². The number of nitrogens with zero attached hydrogens (tertiary/aromatic N) is 13. The van der Waals surface area contributed by atoms with Crippen LogP contribution in [0.2, 0.25) is 0 Å². The molecule has 2 fully saturated rings. The highest BCUT2D eigenvalue weighted by Gasteiger charge is 2.37.